The van der Waals surface area contributed by atoms with Crippen LogP contribution in [0.2, 0.25) is 0 Å². The Kier molecular flexibility index (Phi) is 5.11. The van der Waals surface area contributed by atoms with Gasteiger partial charge >= 0.3 is 0 Å². The van der Waals surface area contributed by atoms with Crippen molar-refractivity contribution >= 4 is 21.2 Å². The second kappa shape index (κ2) is 6.36. The lowest BCUT2D eigenvalue weighted by molar-refractivity contribution is 0.480. The van der Waals surface area contributed by atoms with Crippen molar-refractivity contribution in [1.82, 2.24) is 9.97 Å². The van der Waals surface area contributed by atoms with Crippen molar-refractivity contribution in [2.75, 3.05) is 5.75 Å². The van der Waals surface area contributed by atoms with Crippen molar-refractivity contribution in [3.8, 4) is 0 Å². The molecule has 0 amide bonds. The number of imidazole rings is 1. The molecule has 0 bridgehead atoms. The minimum atomic E-state index is -3.69. The molecular formula is C11H16N2O3S. The maximum atomic E-state index is 9.95. The van der Waals surface area contributed by atoms with Gasteiger partial charge in [0.2, 0.25) is 0 Å². The van der Waals surface area contributed by atoms with E-state index in [1.165, 1.54) is 0 Å². The number of aromatic nitrogens is 2. The van der Waals surface area contributed by atoms with Crippen LogP contribution in [-0.2, 0) is 10.1 Å². The van der Waals surface area contributed by atoms with Gasteiger partial charge < -0.3 is 4.98 Å². The molecule has 5 nitrogen and oxygen atoms in total. The average molecular weight is 256 g/mol. The highest BCUT2D eigenvalue weighted by molar-refractivity contribution is 7.85. The predicted molar refractivity (Wildman–Crippen MR) is 67.4 cm³/mol. The minimum Gasteiger partial charge on any atom is -0.345 e. The summed E-state index contributed by atoms with van der Waals surface area (Å²) in [5, 5.41) is 0. The van der Waals surface area contributed by atoms with Crippen LogP contribution >= 0.6 is 0 Å². The Morgan fingerprint density at radius 3 is 2.59 bits per heavy atom. The summed E-state index contributed by atoms with van der Waals surface area (Å²) in [6.45, 7) is 1.87. The molecule has 0 aliphatic rings. The standard InChI is InChI=1S/C7H6N2.C4H10O3S/c1-2-4-7-6(3-1)8-5-9-7;1-2-3-4-8(5,6)7/h1-5H,(H,8,9);2-4H2,1H3,(H,5,6,7). The molecule has 17 heavy (non-hydrogen) atoms. The SMILES string of the molecule is CCCCS(=O)(=O)O.c1ccc2[nH]cnc2c1. The van der Waals surface area contributed by atoms with Crippen molar-refractivity contribution in [3.05, 3.63) is 30.6 Å². The Labute approximate surface area is 101 Å². The molecule has 0 saturated heterocycles. The van der Waals surface area contributed by atoms with Gasteiger partial charge in [0.1, 0.15) is 0 Å². The first-order valence-electron chi connectivity index (χ1n) is 5.36. The summed E-state index contributed by atoms with van der Waals surface area (Å²) in [7, 11) is -3.69. The van der Waals surface area contributed by atoms with Crippen molar-refractivity contribution in [2.24, 2.45) is 0 Å². The fourth-order valence-electron chi connectivity index (χ4n) is 1.21. The van der Waals surface area contributed by atoms with Gasteiger partial charge in [-0.15, -0.1) is 0 Å². The van der Waals surface area contributed by atoms with Crippen molar-refractivity contribution in [1.29, 1.82) is 0 Å². The highest BCUT2D eigenvalue weighted by atomic mass is 32.2. The number of unbranched alkanes of at least 4 members (excludes halogenated alkanes) is 1. The number of rotatable bonds is 3. The van der Waals surface area contributed by atoms with Crippen LogP contribution in [0.15, 0.2) is 30.6 Å². The van der Waals surface area contributed by atoms with Gasteiger partial charge in [-0.1, -0.05) is 25.5 Å². The maximum Gasteiger partial charge on any atom is 0.264 e. The van der Waals surface area contributed by atoms with Crippen LogP contribution in [0.5, 0.6) is 0 Å². The molecule has 2 rings (SSSR count). The minimum absolute atomic E-state index is 0.108. The molecule has 1 aromatic carbocycles. The van der Waals surface area contributed by atoms with Gasteiger partial charge in [-0.05, 0) is 18.6 Å². The maximum absolute atomic E-state index is 9.95. The normalized spacial score (nSPS) is 10.9. The number of benzene rings is 1. The highest BCUT2D eigenvalue weighted by Crippen LogP contribution is 2.05. The zero-order valence-electron chi connectivity index (χ0n) is 9.63. The third-order valence-corrected chi connectivity index (χ3v) is 2.89. The Balaban J connectivity index is 0.000000172. The molecule has 0 radical (unpaired) electrons. The van der Waals surface area contributed by atoms with Gasteiger partial charge in [-0.2, -0.15) is 8.42 Å². The van der Waals surface area contributed by atoms with Crippen LogP contribution < -0.4 is 0 Å². The first-order chi connectivity index (χ1) is 8.03. The lowest BCUT2D eigenvalue weighted by Crippen LogP contribution is -2.02. The Morgan fingerprint density at radius 2 is 2.06 bits per heavy atom. The zero-order chi connectivity index (χ0) is 12.7. The van der Waals surface area contributed by atoms with Crippen LogP contribution in [0.4, 0.5) is 0 Å². The number of hydrogen-bond donors (Lipinski definition) is 2. The third-order valence-electron chi connectivity index (χ3n) is 2.08. The number of aromatic amines is 1. The number of H-pyrrole nitrogens is 1. The molecule has 0 fully saturated rings. The molecule has 1 heterocycles. The smallest absolute Gasteiger partial charge is 0.264 e. The van der Waals surface area contributed by atoms with Gasteiger partial charge in [0.15, 0.2) is 0 Å². The van der Waals surface area contributed by atoms with Gasteiger partial charge in [0, 0.05) is 0 Å². The van der Waals surface area contributed by atoms with E-state index in [2.05, 4.69) is 9.97 Å². The van der Waals surface area contributed by atoms with E-state index in [-0.39, 0.29) is 5.75 Å². The first-order valence-corrected chi connectivity index (χ1v) is 6.97. The van der Waals surface area contributed by atoms with E-state index < -0.39 is 10.1 Å². The van der Waals surface area contributed by atoms with Crippen LogP contribution in [0.3, 0.4) is 0 Å². The lowest BCUT2D eigenvalue weighted by Gasteiger charge is -1.90. The van der Waals surface area contributed by atoms with E-state index in [1.54, 1.807) is 6.33 Å². The number of hydrogen-bond acceptors (Lipinski definition) is 3. The molecule has 1 aromatic heterocycles. The summed E-state index contributed by atoms with van der Waals surface area (Å²) in [5.41, 5.74) is 2.12. The molecular weight excluding hydrogens is 240 g/mol. The number of para-hydroxylation sites is 2. The number of nitrogens with one attached hydrogen (secondary N) is 1. The molecule has 2 aromatic rings. The Hall–Kier alpha value is -1.40. The van der Waals surface area contributed by atoms with Gasteiger partial charge in [-0.25, -0.2) is 4.98 Å². The second-order valence-corrected chi connectivity index (χ2v) is 5.13. The van der Waals surface area contributed by atoms with Crippen molar-refractivity contribution < 1.29 is 13.0 Å². The van der Waals surface area contributed by atoms with Crippen molar-refractivity contribution in [3.63, 3.8) is 0 Å². The molecule has 0 unspecified atom stereocenters. The molecule has 6 heteroatoms. The average Bonchev–Trinajstić information content (AvgIpc) is 2.74. The zero-order valence-corrected chi connectivity index (χ0v) is 10.4. The van der Waals surface area contributed by atoms with Crippen LogP contribution in [-0.4, -0.2) is 28.7 Å². The van der Waals surface area contributed by atoms with Crippen LogP contribution in [0, 0.1) is 0 Å². The predicted octanol–water partition coefficient (Wildman–Crippen LogP) is 2.24. The topological polar surface area (TPSA) is 83.0 Å². The fraction of sp³-hybridized carbons (Fsp3) is 0.364. The quantitative estimate of drug-likeness (QED) is 0.825. The third kappa shape index (κ3) is 5.46. The summed E-state index contributed by atoms with van der Waals surface area (Å²) >= 11 is 0. The van der Waals surface area contributed by atoms with E-state index in [0.29, 0.717) is 6.42 Å². The molecule has 0 spiro atoms. The molecule has 2 N–H and O–H groups in total. The Morgan fingerprint density at radius 1 is 1.35 bits per heavy atom. The first kappa shape index (κ1) is 13.7. The van der Waals surface area contributed by atoms with E-state index in [9.17, 15) is 8.42 Å². The van der Waals surface area contributed by atoms with Gasteiger partial charge in [-0.3, -0.25) is 4.55 Å². The highest BCUT2D eigenvalue weighted by Gasteiger charge is 2.00. The molecule has 0 atom stereocenters. The Bertz CT molecular complexity index is 518. The van der Waals surface area contributed by atoms with Crippen molar-refractivity contribution in [2.45, 2.75) is 19.8 Å². The number of nitrogens with zero attached hydrogens (tertiary/aromatic N) is 1. The summed E-state index contributed by atoms with van der Waals surface area (Å²) in [5.74, 6) is -0.108. The summed E-state index contributed by atoms with van der Waals surface area (Å²) in [6.07, 6.45) is 3.03. The van der Waals surface area contributed by atoms with Gasteiger partial charge in [0.25, 0.3) is 10.1 Å². The largest absolute Gasteiger partial charge is 0.345 e. The molecule has 0 saturated carbocycles. The molecule has 94 valence electrons. The summed E-state index contributed by atoms with van der Waals surface area (Å²) in [4.78, 5) is 7.07. The molecule has 0 aliphatic heterocycles. The van der Waals surface area contributed by atoms with E-state index in [4.69, 9.17) is 4.55 Å². The molecule has 0 aliphatic carbocycles. The monoisotopic (exact) mass is 256 g/mol. The van der Waals surface area contributed by atoms with E-state index >= 15 is 0 Å². The summed E-state index contributed by atoms with van der Waals surface area (Å²) in [6, 6.07) is 7.94. The fourth-order valence-corrected chi connectivity index (χ4v) is 1.86. The lowest BCUT2D eigenvalue weighted by atomic mass is 10.3. The number of fused-ring (bicyclic) bond motifs is 1. The van der Waals surface area contributed by atoms with Gasteiger partial charge in [0.05, 0.1) is 23.1 Å². The second-order valence-electron chi connectivity index (χ2n) is 3.56. The van der Waals surface area contributed by atoms with Crippen LogP contribution in [0.1, 0.15) is 19.8 Å². The summed E-state index contributed by atoms with van der Waals surface area (Å²) < 4.78 is 28.0. The van der Waals surface area contributed by atoms with Crippen LogP contribution in [0.25, 0.3) is 11.0 Å². The van der Waals surface area contributed by atoms with E-state index in [1.807, 2.05) is 31.2 Å². The van der Waals surface area contributed by atoms with E-state index in [0.717, 1.165) is 17.5 Å².